The topological polar surface area (TPSA) is 80.7 Å². The number of carbonyl (C=O) groups excluding carboxylic acids is 1. The number of hydrogen-bond donors (Lipinski definition) is 1. The predicted molar refractivity (Wildman–Crippen MR) is 60.2 cm³/mol. The smallest absolute Gasteiger partial charge is 0.337 e. The first-order chi connectivity index (χ1) is 8.02. The van der Waals surface area contributed by atoms with Crippen molar-refractivity contribution in [2.45, 2.75) is 11.3 Å². The molecule has 1 aliphatic heterocycles. The van der Waals surface area contributed by atoms with Crippen LogP contribution in [-0.2, 0) is 10.8 Å². The average molecular weight is 254 g/mol. The summed E-state index contributed by atoms with van der Waals surface area (Å²) >= 11 is 0. The lowest BCUT2D eigenvalue weighted by atomic mass is 10.0. The molecule has 1 unspecified atom stereocenters. The summed E-state index contributed by atoms with van der Waals surface area (Å²) in [4.78, 5) is 22.7. The van der Waals surface area contributed by atoms with E-state index in [1.54, 1.807) is 0 Å². The van der Waals surface area contributed by atoms with Gasteiger partial charge in [0.05, 0.1) is 33.4 Å². The molecule has 0 aliphatic carbocycles. The highest BCUT2D eigenvalue weighted by molar-refractivity contribution is 7.84. The number of hydrogen-bond acceptors (Lipinski definition) is 4. The molecule has 1 aliphatic rings. The third-order valence-corrected chi connectivity index (χ3v) is 3.49. The number of rotatable bonds is 2. The summed E-state index contributed by atoms with van der Waals surface area (Å²) in [6.07, 6.45) is 1.62. The lowest BCUT2D eigenvalue weighted by Gasteiger charge is -2.19. The number of carboxylic acids is 1. The largest absolute Gasteiger partial charge is 0.491 e. The van der Waals surface area contributed by atoms with Crippen molar-refractivity contribution in [1.82, 2.24) is 0 Å². The Labute approximate surface area is 99.9 Å². The van der Waals surface area contributed by atoms with Crippen LogP contribution in [0, 0.1) is 0 Å². The molecule has 1 heterocycles. The summed E-state index contributed by atoms with van der Waals surface area (Å²) < 4.78 is 16.9. The van der Waals surface area contributed by atoms with Crippen LogP contribution < -0.4 is 4.74 Å². The number of benzene rings is 1. The molecule has 0 fully saturated rings. The molecule has 1 N–H and O–H groups in total. The number of carboxylic acid groups (broad SMARTS) is 1. The van der Waals surface area contributed by atoms with Gasteiger partial charge < -0.3 is 9.84 Å². The molecule has 1 aromatic carbocycles. The normalized spacial score (nSPS) is 15.9. The highest BCUT2D eigenvalue weighted by Crippen LogP contribution is 2.33. The van der Waals surface area contributed by atoms with Gasteiger partial charge in [-0.25, -0.2) is 4.79 Å². The molecule has 0 bridgehead atoms. The Morgan fingerprint density at radius 1 is 1.47 bits per heavy atom. The maximum atomic E-state index is 11.6. The van der Waals surface area contributed by atoms with Gasteiger partial charge in [-0.15, -0.1) is 0 Å². The molecular formula is C11H10O5S. The van der Waals surface area contributed by atoms with E-state index in [-0.39, 0.29) is 35.0 Å². The van der Waals surface area contributed by atoms with Crippen molar-refractivity contribution in [3.8, 4) is 5.75 Å². The molecular weight excluding hydrogens is 244 g/mol. The van der Waals surface area contributed by atoms with E-state index in [9.17, 15) is 13.8 Å². The summed E-state index contributed by atoms with van der Waals surface area (Å²) in [7, 11) is -1.52. The molecule has 0 saturated carbocycles. The van der Waals surface area contributed by atoms with Gasteiger partial charge in [0.2, 0.25) is 0 Å². The van der Waals surface area contributed by atoms with Crippen LogP contribution in [0.1, 0.15) is 27.1 Å². The van der Waals surface area contributed by atoms with Crippen molar-refractivity contribution in [3.05, 3.63) is 23.3 Å². The maximum Gasteiger partial charge on any atom is 0.337 e. The van der Waals surface area contributed by atoms with E-state index in [0.717, 1.165) is 0 Å². The summed E-state index contributed by atoms with van der Waals surface area (Å²) in [5.74, 6) is -1.14. The second kappa shape index (κ2) is 4.29. The number of aromatic carboxylic acids is 1. The molecule has 6 heteroatoms. The molecule has 0 saturated heterocycles. The second-order valence-corrected chi connectivity index (χ2v) is 4.92. The van der Waals surface area contributed by atoms with E-state index >= 15 is 0 Å². The van der Waals surface area contributed by atoms with Crippen molar-refractivity contribution in [1.29, 1.82) is 0 Å². The minimum atomic E-state index is -1.52. The summed E-state index contributed by atoms with van der Waals surface area (Å²) in [5, 5.41) is 9.01. The third kappa shape index (κ3) is 1.95. The minimum absolute atomic E-state index is 0.0840. The van der Waals surface area contributed by atoms with Crippen molar-refractivity contribution in [2.75, 3.05) is 12.9 Å². The summed E-state index contributed by atoms with van der Waals surface area (Å²) in [5.41, 5.74) is 0.228. The van der Waals surface area contributed by atoms with Crippen LogP contribution in [0.15, 0.2) is 17.0 Å². The molecule has 0 spiro atoms. The SMILES string of the molecule is CS(=O)c1c(C(=O)O)ccc2c1OCCC2=O. The third-order valence-electron chi connectivity index (χ3n) is 2.51. The fourth-order valence-corrected chi connectivity index (χ4v) is 2.65. The Balaban J connectivity index is 2.73. The van der Waals surface area contributed by atoms with E-state index in [2.05, 4.69) is 0 Å². The summed E-state index contributed by atoms with van der Waals surface area (Å²) in [6.45, 7) is 0.194. The van der Waals surface area contributed by atoms with E-state index in [1.807, 2.05) is 0 Å². The Hall–Kier alpha value is -1.69. The second-order valence-electron chi connectivity index (χ2n) is 3.60. The Kier molecular flexibility index (Phi) is 2.97. The molecule has 17 heavy (non-hydrogen) atoms. The Bertz CT molecular complexity index is 535. The van der Waals surface area contributed by atoms with Gasteiger partial charge in [-0.1, -0.05) is 0 Å². The number of fused-ring (bicyclic) bond motifs is 1. The predicted octanol–water partition coefficient (Wildman–Crippen LogP) is 1.09. The van der Waals surface area contributed by atoms with Crippen LogP contribution in [0.25, 0.3) is 0 Å². The number of carbonyl (C=O) groups is 2. The Morgan fingerprint density at radius 2 is 2.18 bits per heavy atom. The zero-order valence-corrected chi connectivity index (χ0v) is 9.87. The zero-order chi connectivity index (χ0) is 12.6. The first-order valence-electron chi connectivity index (χ1n) is 4.92. The van der Waals surface area contributed by atoms with E-state index in [4.69, 9.17) is 9.84 Å². The van der Waals surface area contributed by atoms with Crippen molar-refractivity contribution in [3.63, 3.8) is 0 Å². The first kappa shape index (κ1) is 11.8. The van der Waals surface area contributed by atoms with Gasteiger partial charge in [0.25, 0.3) is 0 Å². The summed E-state index contributed by atoms with van der Waals surface area (Å²) in [6, 6.07) is 2.71. The maximum absolute atomic E-state index is 11.6. The first-order valence-corrected chi connectivity index (χ1v) is 6.48. The standard InChI is InChI=1S/C11H10O5S/c1-17(15)10-7(11(13)14)3-2-6-8(12)4-5-16-9(6)10/h2-3H,4-5H2,1H3,(H,13,14). The Morgan fingerprint density at radius 3 is 2.76 bits per heavy atom. The highest BCUT2D eigenvalue weighted by Gasteiger charge is 2.27. The van der Waals surface area contributed by atoms with Crippen LogP contribution in [0.3, 0.4) is 0 Å². The van der Waals surface area contributed by atoms with Gasteiger partial charge in [0.1, 0.15) is 5.75 Å². The van der Waals surface area contributed by atoms with Gasteiger partial charge in [-0.2, -0.15) is 0 Å². The zero-order valence-electron chi connectivity index (χ0n) is 9.06. The molecule has 0 radical (unpaired) electrons. The van der Waals surface area contributed by atoms with Gasteiger partial charge in [-0.05, 0) is 12.1 Å². The van der Waals surface area contributed by atoms with Crippen molar-refractivity contribution in [2.24, 2.45) is 0 Å². The molecule has 5 nitrogen and oxygen atoms in total. The van der Waals surface area contributed by atoms with Gasteiger partial charge >= 0.3 is 5.97 Å². The highest BCUT2D eigenvalue weighted by atomic mass is 32.2. The van der Waals surface area contributed by atoms with E-state index < -0.39 is 16.8 Å². The quantitative estimate of drug-likeness (QED) is 0.854. The molecule has 2 rings (SSSR count). The molecule has 0 amide bonds. The van der Waals surface area contributed by atoms with Crippen LogP contribution >= 0.6 is 0 Å². The van der Waals surface area contributed by atoms with Crippen molar-refractivity contribution >= 4 is 22.6 Å². The lowest BCUT2D eigenvalue weighted by Crippen LogP contribution is -2.18. The molecule has 1 aromatic rings. The number of ether oxygens (including phenoxy) is 1. The van der Waals surface area contributed by atoms with Gasteiger partial charge in [0.15, 0.2) is 5.78 Å². The number of ketones is 1. The average Bonchev–Trinajstić information content (AvgIpc) is 2.27. The lowest BCUT2D eigenvalue weighted by molar-refractivity contribution is 0.0690. The van der Waals surface area contributed by atoms with Gasteiger partial charge in [0, 0.05) is 12.7 Å². The van der Waals surface area contributed by atoms with Gasteiger partial charge in [-0.3, -0.25) is 9.00 Å². The number of Topliss-reactive ketones (excluding diaryl/α,β-unsaturated/α-hetero) is 1. The van der Waals surface area contributed by atoms with Crippen LogP contribution in [-0.4, -0.2) is 33.9 Å². The fourth-order valence-electron chi connectivity index (χ4n) is 1.76. The van der Waals surface area contributed by atoms with Crippen LogP contribution in [0.2, 0.25) is 0 Å². The molecule has 90 valence electrons. The van der Waals surface area contributed by atoms with E-state index in [0.29, 0.717) is 5.56 Å². The van der Waals surface area contributed by atoms with Crippen LogP contribution in [0.4, 0.5) is 0 Å². The minimum Gasteiger partial charge on any atom is -0.491 e. The monoisotopic (exact) mass is 254 g/mol. The fraction of sp³-hybridized carbons (Fsp3) is 0.273. The van der Waals surface area contributed by atoms with Crippen molar-refractivity contribution < 1.29 is 23.6 Å². The molecule has 1 atom stereocenters. The molecule has 0 aromatic heterocycles. The van der Waals surface area contributed by atoms with E-state index in [1.165, 1.54) is 18.4 Å². The van der Waals surface area contributed by atoms with Crippen LogP contribution in [0.5, 0.6) is 5.75 Å².